The summed E-state index contributed by atoms with van der Waals surface area (Å²) in [7, 11) is -3.66. The zero-order chi connectivity index (χ0) is 19.3. The van der Waals surface area contributed by atoms with Gasteiger partial charge in [0, 0.05) is 17.7 Å². The molecule has 2 aromatic heterocycles. The van der Waals surface area contributed by atoms with E-state index >= 15 is 0 Å². The number of rotatable bonds is 8. The van der Waals surface area contributed by atoms with E-state index in [2.05, 4.69) is 27.2 Å². The number of nitrogens with zero attached hydrogens (tertiary/aromatic N) is 2. The zero-order valence-electron chi connectivity index (χ0n) is 14.5. The summed E-state index contributed by atoms with van der Waals surface area (Å²) in [6, 6.07) is 9.50. The van der Waals surface area contributed by atoms with Crippen molar-refractivity contribution in [3.8, 4) is 0 Å². The maximum absolute atomic E-state index is 12.4. The topological polar surface area (TPSA) is 101 Å². The highest BCUT2D eigenvalue weighted by molar-refractivity contribution is 7.94. The number of anilines is 2. The van der Waals surface area contributed by atoms with Gasteiger partial charge < -0.3 is 0 Å². The Labute approximate surface area is 165 Å². The van der Waals surface area contributed by atoms with Gasteiger partial charge in [0.1, 0.15) is 9.22 Å². The summed E-state index contributed by atoms with van der Waals surface area (Å²) in [6.45, 7) is 2.10. The van der Waals surface area contributed by atoms with Crippen LogP contribution in [0.25, 0.3) is 0 Å². The number of thiophene rings is 1. The third-order valence-electron chi connectivity index (χ3n) is 3.57. The molecule has 0 aliphatic rings. The Morgan fingerprint density at radius 2 is 2.04 bits per heavy atom. The number of aryl methyl sites for hydroxylation is 1. The summed E-state index contributed by atoms with van der Waals surface area (Å²) in [5.41, 5.74) is 0.642. The first-order valence-corrected chi connectivity index (χ1v) is 11.5. The number of hydrogen-bond acceptors (Lipinski definition) is 7. The summed E-state index contributed by atoms with van der Waals surface area (Å²) in [5.74, 6) is -0.370. The van der Waals surface area contributed by atoms with Crippen molar-refractivity contribution in [3.05, 3.63) is 52.3 Å². The predicted octanol–water partition coefficient (Wildman–Crippen LogP) is 4.00. The van der Waals surface area contributed by atoms with Crippen LogP contribution in [0.4, 0.5) is 10.8 Å². The van der Waals surface area contributed by atoms with Crippen molar-refractivity contribution in [2.24, 2.45) is 0 Å². The summed E-state index contributed by atoms with van der Waals surface area (Å²) in [6.07, 6.45) is 2.93. The lowest BCUT2D eigenvalue weighted by atomic mass is 10.2. The van der Waals surface area contributed by atoms with Gasteiger partial charge in [-0.2, -0.15) is 0 Å². The number of amides is 1. The summed E-state index contributed by atoms with van der Waals surface area (Å²) in [4.78, 5) is 12.4. The highest BCUT2D eigenvalue weighted by Crippen LogP contribution is 2.22. The number of sulfonamides is 1. The first-order chi connectivity index (χ1) is 13.0. The molecule has 0 saturated carbocycles. The molecule has 0 bridgehead atoms. The van der Waals surface area contributed by atoms with E-state index in [1.54, 1.807) is 29.6 Å². The first kappa shape index (κ1) is 19.5. The van der Waals surface area contributed by atoms with Gasteiger partial charge in [0.2, 0.25) is 5.13 Å². The normalized spacial score (nSPS) is 11.3. The van der Waals surface area contributed by atoms with Crippen LogP contribution in [-0.4, -0.2) is 24.5 Å². The number of nitrogens with one attached hydrogen (secondary N) is 2. The second-order valence-electron chi connectivity index (χ2n) is 5.68. The third-order valence-corrected chi connectivity index (χ3v) is 7.25. The molecule has 0 aliphatic carbocycles. The van der Waals surface area contributed by atoms with Gasteiger partial charge in [-0.15, -0.1) is 21.5 Å². The van der Waals surface area contributed by atoms with Gasteiger partial charge in [-0.3, -0.25) is 14.8 Å². The molecular weight excluding hydrogens is 404 g/mol. The number of carbonyl (C=O) groups is 1. The monoisotopic (exact) mass is 422 g/mol. The van der Waals surface area contributed by atoms with E-state index < -0.39 is 10.0 Å². The van der Waals surface area contributed by atoms with Gasteiger partial charge in [-0.1, -0.05) is 36.8 Å². The van der Waals surface area contributed by atoms with Crippen LogP contribution in [0.15, 0.2) is 46.0 Å². The fourth-order valence-electron chi connectivity index (χ4n) is 2.25. The van der Waals surface area contributed by atoms with Crippen LogP contribution in [0.5, 0.6) is 0 Å². The minimum absolute atomic E-state index is 0.214. The van der Waals surface area contributed by atoms with Crippen LogP contribution < -0.4 is 10.0 Å². The molecule has 142 valence electrons. The van der Waals surface area contributed by atoms with Crippen molar-refractivity contribution in [2.45, 2.75) is 30.4 Å². The van der Waals surface area contributed by atoms with Gasteiger partial charge in [0.05, 0.1) is 0 Å². The van der Waals surface area contributed by atoms with Crippen molar-refractivity contribution >= 4 is 49.4 Å². The average Bonchev–Trinajstić information content (AvgIpc) is 3.32. The molecule has 0 fully saturated rings. The highest BCUT2D eigenvalue weighted by Gasteiger charge is 2.16. The Bertz CT molecular complexity index is 1010. The molecule has 2 N–H and O–H groups in total. The van der Waals surface area contributed by atoms with Crippen molar-refractivity contribution in [3.63, 3.8) is 0 Å². The SMILES string of the molecule is CCCCc1nnc(NC(=O)c2cccc(NS(=O)(=O)c3cccs3)c2)s1. The van der Waals surface area contributed by atoms with E-state index in [-0.39, 0.29) is 10.1 Å². The molecule has 0 spiro atoms. The summed E-state index contributed by atoms with van der Waals surface area (Å²) >= 11 is 2.47. The van der Waals surface area contributed by atoms with Crippen molar-refractivity contribution < 1.29 is 13.2 Å². The molecule has 7 nitrogen and oxygen atoms in total. The lowest BCUT2D eigenvalue weighted by Gasteiger charge is -2.08. The van der Waals surface area contributed by atoms with Crippen LogP contribution in [0, 0.1) is 0 Å². The molecule has 10 heteroatoms. The highest BCUT2D eigenvalue weighted by atomic mass is 32.2. The summed E-state index contributed by atoms with van der Waals surface area (Å²) < 4.78 is 27.3. The van der Waals surface area contributed by atoms with Gasteiger partial charge in [0.25, 0.3) is 15.9 Å². The second-order valence-corrected chi connectivity index (χ2v) is 9.60. The summed E-state index contributed by atoms with van der Waals surface area (Å²) in [5, 5.41) is 13.7. The lowest BCUT2D eigenvalue weighted by molar-refractivity contribution is 0.102. The molecule has 0 unspecified atom stereocenters. The second kappa shape index (κ2) is 8.59. The van der Waals surface area contributed by atoms with E-state index in [1.165, 1.54) is 23.5 Å². The van der Waals surface area contributed by atoms with Crippen LogP contribution >= 0.6 is 22.7 Å². The standard InChI is InChI=1S/C17H18N4O3S3/c1-2-3-8-14-19-20-17(26-14)18-16(22)12-6-4-7-13(11-12)21-27(23,24)15-9-5-10-25-15/h4-7,9-11,21H,2-3,8H2,1H3,(H,18,20,22). The van der Waals surface area contributed by atoms with Crippen molar-refractivity contribution in [1.29, 1.82) is 0 Å². The van der Waals surface area contributed by atoms with Crippen LogP contribution in [0.3, 0.4) is 0 Å². The van der Waals surface area contributed by atoms with Crippen molar-refractivity contribution in [1.82, 2.24) is 10.2 Å². The van der Waals surface area contributed by atoms with Gasteiger partial charge >= 0.3 is 0 Å². The smallest absolute Gasteiger partial charge is 0.271 e. The Morgan fingerprint density at radius 1 is 1.19 bits per heavy atom. The number of aromatic nitrogens is 2. The quantitative estimate of drug-likeness (QED) is 0.571. The van der Waals surface area contributed by atoms with Gasteiger partial charge in [-0.05, 0) is 36.1 Å². The van der Waals surface area contributed by atoms with E-state index in [0.717, 1.165) is 35.6 Å². The fourth-order valence-corrected chi connectivity index (χ4v) is 5.07. The Hall–Kier alpha value is -2.30. The Kier molecular flexibility index (Phi) is 6.19. The van der Waals surface area contributed by atoms with E-state index in [9.17, 15) is 13.2 Å². The minimum atomic E-state index is -3.66. The average molecular weight is 423 g/mol. The molecule has 1 amide bonds. The predicted molar refractivity (Wildman–Crippen MR) is 108 cm³/mol. The Balaban J connectivity index is 1.69. The fraction of sp³-hybridized carbons (Fsp3) is 0.235. The molecule has 0 saturated heterocycles. The maximum Gasteiger partial charge on any atom is 0.271 e. The molecule has 3 rings (SSSR count). The van der Waals surface area contributed by atoms with Crippen LogP contribution in [0.1, 0.15) is 35.1 Å². The first-order valence-electron chi connectivity index (χ1n) is 8.28. The molecule has 27 heavy (non-hydrogen) atoms. The number of carbonyl (C=O) groups excluding carboxylic acids is 1. The molecule has 1 aromatic carbocycles. The van der Waals surface area contributed by atoms with Gasteiger partial charge in [0.15, 0.2) is 0 Å². The zero-order valence-corrected chi connectivity index (χ0v) is 17.0. The largest absolute Gasteiger partial charge is 0.296 e. The molecule has 0 radical (unpaired) electrons. The van der Waals surface area contributed by atoms with Crippen molar-refractivity contribution in [2.75, 3.05) is 10.0 Å². The molecular formula is C17H18N4O3S3. The molecule has 0 aliphatic heterocycles. The third kappa shape index (κ3) is 5.12. The lowest BCUT2D eigenvalue weighted by Crippen LogP contribution is -2.14. The Morgan fingerprint density at radius 3 is 2.78 bits per heavy atom. The number of benzene rings is 1. The molecule has 3 aromatic rings. The minimum Gasteiger partial charge on any atom is -0.296 e. The van der Waals surface area contributed by atoms with E-state index in [0.29, 0.717) is 16.4 Å². The van der Waals surface area contributed by atoms with Crippen LogP contribution in [0.2, 0.25) is 0 Å². The molecule has 2 heterocycles. The van der Waals surface area contributed by atoms with Gasteiger partial charge in [-0.25, -0.2) is 8.42 Å². The number of hydrogen-bond donors (Lipinski definition) is 2. The maximum atomic E-state index is 12.4. The molecule has 0 atom stereocenters. The number of unbranched alkanes of at least 4 members (excludes halogenated alkanes) is 1. The van der Waals surface area contributed by atoms with Crippen LogP contribution in [-0.2, 0) is 16.4 Å². The van der Waals surface area contributed by atoms with E-state index in [4.69, 9.17) is 0 Å². The van der Waals surface area contributed by atoms with E-state index in [1.807, 2.05) is 0 Å².